The first-order valence-electron chi connectivity index (χ1n) is 6.98. The average molecular weight is 299 g/mol. The molecule has 1 aromatic rings. The number of amides is 1. The van der Waals surface area contributed by atoms with Crippen LogP contribution < -0.4 is 15.4 Å². The Morgan fingerprint density at radius 2 is 2.25 bits per heavy atom. The number of benzene rings is 1. The second-order valence-corrected chi connectivity index (χ2v) is 4.90. The highest BCUT2D eigenvalue weighted by atomic mass is 35.5. The minimum Gasteiger partial charge on any atom is -0.494 e. The molecule has 1 fully saturated rings. The molecule has 1 saturated heterocycles. The number of carbonyl (C=O) groups is 1. The lowest BCUT2D eigenvalue weighted by molar-refractivity contribution is -0.118. The van der Waals surface area contributed by atoms with Crippen LogP contribution in [0.3, 0.4) is 0 Å². The quantitative estimate of drug-likeness (QED) is 0.898. The summed E-state index contributed by atoms with van der Waals surface area (Å²) in [4.78, 5) is 12.1. The van der Waals surface area contributed by atoms with Crippen LogP contribution in [0.1, 0.15) is 31.7 Å². The van der Waals surface area contributed by atoms with E-state index >= 15 is 0 Å². The monoisotopic (exact) mass is 298 g/mol. The van der Waals surface area contributed by atoms with Gasteiger partial charge in [-0.05, 0) is 57.0 Å². The highest BCUT2D eigenvalue weighted by Crippen LogP contribution is 2.22. The Morgan fingerprint density at radius 3 is 2.85 bits per heavy atom. The average Bonchev–Trinajstić information content (AvgIpc) is 2.43. The van der Waals surface area contributed by atoms with Crippen LogP contribution in [0.2, 0.25) is 0 Å². The van der Waals surface area contributed by atoms with E-state index in [0.29, 0.717) is 6.61 Å². The SMILES string of the molecule is CCOc1ccc(NC(=O)[C@@H]2CCCCN2)c(C)c1.Cl. The zero-order valence-corrected chi connectivity index (χ0v) is 12.9. The molecule has 112 valence electrons. The number of anilines is 1. The van der Waals surface area contributed by atoms with Crippen LogP contribution in [0, 0.1) is 6.92 Å². The molecular weight excluding hydrogens is 276 g/mol. The van der Waals surface area contributed by atoms with E-state index in [0.717, 1.165) is 42.8 Å². The molecule has 4 nitrogen and oxygen atoms in total. The summed E-state index contributed by atoms with van der Waals surface area (Å²) in [6, 6.07) is 5.69. The van der Waals surface area contributed by atoms with Gasteiger partial charge < -0.3 is 15.4 Å². The lowest BCUT2D eigenvalue weighted by Crippen LogP contribution is -2.43. The van der Waals surface area contributed by atoms with Gasteiger partial charge in [0, 0.05) is 5.69 Å². The number of ether oxygens (including phenoxy) is 1. The van der Waals surface area contributed by atoms with Crippen molar-refractivity contribution in [2.75, 3.05) is 18.5 Å². The van der Waals surface area contributed by atoms with Gasteiger partial charge in [0.15, 0.2) is 0 Å². The van der Waals surface area contributed by atoms with Gasteiger partial charge >= 0.3 is 0 Å². The molecular formula is C15H23ClN2O2. The largest absolute Gasteiger partial charge is 0.494 e. The molecule has 1 atom stereocenters. The Bertz CT molecular complexity index is 445. The van der Waals surface area contributed by atoms with E-state index in [1.165, 1.54) is 0 Å². The van der Waals surface area contributed by atoms with Gasteiger partial charge in [-0.3, -0.25) is 4.79 Å². The Labute approximate surface area is 126 Å². The molecule has 1 aliphatic heterocycles. The fraction of sp³-hybridized carbons (Fsp3) is 0.533. The second kappa shape index (κ2) is 8.12. The number of aryl methyl sites for hydroxylation is 1. The van der Waals surface area contributed by atoms with Crippen LogP contribution in [-0.2, 0) is 4.79 Å². The van der Waals surface area contributed by atoms with Gasteiger partial charge in [0.05, 0.1) is 12.6 Å². The number of carbonyl (C=O) groups excluding carboxylic acids is 1. The van der Waals surface area contributed by atoms with E-state index in [2.05, 4.69) is 10.6 Å². The highest BCUT2D eigenvalue weighted by Gasteiger charge is 2.20. The Kier molecular flexibility index (Phi) is 6.82. The van der Waals surface area contributed by atoms with Crippen LogP contribution in [0.15, 0.2) is 18.2 Å². The van der Waals surface area contributed by atoms with Gasteiger partial charge in [0.1, 0.15) is 5.75 Å². The third kappa shape index (κ3) is 4.39. The van der Waals surface area contributed by atoms with E-state index in [4.69, 9.17) is 4.74 Å². The van der Waals surface area contributed by atoms with Crippen molar-refractivity contribution in [3.8, 4) is 5.75 Å². The van der Waals surface area contributed by atoms with Gasteiger partial charge in [-0.15, -0.1) is 12.4 Å². The standard InChI is InChI=1S/C15H22N2O2.ClH/c1-3-19-12-7-8-13(11(2)10-12)17-15(18)14-6-4-5-9-16-14;/h7-8,10,14,16H,3-6,9H2,1-2H3,(H,17,18);1H/t14-;/m0./s1. The fourth-order valence-electron chi connectivity index (χ4n) is 2.33. The first kappa shape index (κ1) is 16.8. The van der Waals surface area contributed by atoms with Gasteiger partial charge in [-0.25, -0.2) is 0 Å². The van der Waals surface area contributed by atoms with Crippen molar-refractivity contribution in [2.45, 2.75) is 39.2 Å². The van der Waals surface area contributed by atoms with Crippen LogP contribution in [0.25, 0.3) is 0 Å². The first-order valence-corrected chi connectivity index (χ1v) is 6.98. The molecule has 1 aliphatic rings. The van der Waals surface area contributed by atoms with Gasteiger partial charge in [0.2, 0.25) is 5.91 Å². The zero-order chi connectivity index (χ0) is 13.7. The molecule has 0 bridgehead atoms. The summed E-state index contributed by atoms with van der Waals surface area (Å²) >= 11 is 0. The topological polar surface area (TPSA) is 50.4 Å². The molecule has 1 aromatic carbocycles. The first-order chi connectivity index (χ1) is 9.20. The molecule has 20 heavy (non-hydrogen) atoms. The summed E-state index contributed by atoms with van der Waals surface area (Å²) < 4.78 is 5.44. The lowest BCUT2D eigenvalue weighted by Gasteiger charge is -2.23. The summed E-state index contributed by atoms with van der Waals surface area (Å²) in [6.45, 7) is 5.52. The molecule has 0 aliphatic carbocycles. The predicted molar refractivity (Wildman–Crippen MR) is 83.9 cm³/mol. The number of halogens is 1. The van der Waals surface area contributed by atoms with E-state index in [-0.39, 0.29) is 24.4 Å². The van der Waals surface area contributed by atoms with Crippen LogP contribution >= 0.6 is 12.4 Å². The Balaban J connectivity index is 0.00000200. The Morgan fingerprint density at radius 1 is 1.45 bits per heavy atom. The summed E-state index contributed by atoms with van der Waals surface area (Å²) in [5.41, 5.74) is 1.89. The van der Waals surface area contributed by atoms with Crippen molar-refractivity contribution >= 4 is 24.0 Å². The molecule has 0 spiro atoms. The zero-order valence-electron chi connectivity index (χ0n) is 12.1. The van der Waals surface area contributed by atoms with Crippen molar-refractivity contribution in [3.63, 3.8) is 0 Å². The van der Waals surface area contributed by atoms with E-state index in [1.807, 2.05) is 32.0 Å². The smallest absolute Gasteiger partial charge is 0.241 e. The van der Waals surface area contributed by atoms with Crippen molar-refractivity contribution < 1.29 is 9.53 Å². The number of nitrogens with one attached hydrogen (secondary N) is 2. The van der Waals surface area contributed by atoms with E-state index < -0.39 is 0 Å². The van der Waals surface area contributed by atoms with Gasteiger partial charge in [-0.2, -0.15) is 0 Å². The molecule has 1 amide bonds. The normalized spacial score (nSPS) is 18.0. The van der Waals surface area contributed by atoms with Crippen molar-refractivity contribution in [2.24, 2.45) is 0 Å². The van der Waals surface area contributed by atoms with E-state index in [9.17, 15) is 4.79 Å². The number of hydrogen-bond acceptors (Lipinski definition) is 3. The molecule has 0 radical (unpaired) electrons. The van der Waals surface area contributed by atoms with E-state index in [1.54, 1.807) is 0 Å². The van der Waals surface area contributed by atoms with Crippen molar-refractivity contribution in [3.05, 3.63) is 23.8 Å². The minimum atomic E-state index is -0.0558. The molecule has 5 heteroatoms. The highest BCUT2D eigenvalue weighted by molar-refractivity contribution is 5.95. The Hall–Kier alpha value is -1.26. The molecule has 2 N–H and O–H groups in total. The number of piperidine rings is 1. The summed E-state index contributed by atoms with van der Waals surface area (Å²) in [5, 5.41) is 6.25. The summed E-state index contributed by atoms with van der Waals surface area (Å²) in [6.07, 6.45) is 3.20. The van der Waals surface area contributed by atoms with Crippen LogP contribution in [-0.4, -0.2) is 25.1 Å². The molecule has 0 unspecified atom stereocenters. The molecule has 2 rings (SSSR count). The maximum atomic E-state index is 12.1. The van der Waals surface area contributed by atoms with Gasteiger partial charge in [0.25, 0.3) is 0 Å². The number of rotatable bonds is 4. The summed E-state index contributed by atoms with van der Waals surface area (Å²) in [5.74, 6) is 0.903. The third-order valence-electron chi connectivity index (χ3n) is 3.39. The van der Waals surface area contributed by atoms with Crippen LogP contribution in [0.5, 0.6) is 5.75 Å². The predicted octanol–water partition coefficient (Wildman–Crippen LogP) is 2.90. The second-order valence-electron chi connectivity index (χ2n) is 4.90. The molecule has 0 saturated carbocycles. The maximum absolute atomic E-state index is 12.1. The minimum absolute atomic E-state index is 0. The van der Waals surface area contributed by atoms with Crippen LogP contribution in [0.4, 0.5) is 5.69 Å². The molecule has 0 aromatic heterocycles. The molecule has 1 heterocycles. The number of hydrogen-bond donors (Lipinski definition) is 2. The van der Waals surface area contributed by atoms with Gasteiger partial charge in [-0.1, -0.05) is 6.42 Å². The maximum Gasteiger partial charge on any atom is 0.241 e. The van der Waals surface area contributed by atoms with Crippen molar-refractivity contribution in [1.29, 1.82) is 0 Å². The van der Waals surface area contributed by atoms with Crippen molar-refractivity contribution in [1.82, 2.24) is 5.32 Å². The lowest BCUT2D eigenvalue weighted by atomic mass is 10.0. The fourth-order valence-corrected chi connectivity index (χ4v) is 2.33. The summed E-state index contributed by atoms with van der Waals surface area (Å²) in [7, 11) is 0. The third-order valence-corrected chi connectivity index (χ3v) is 3.39.